The van der Waals surface area contributed by atoms with Gasteiger partial charge in [0.25, 0.3) is 0 Å². The second kappa shape index (κ2) is 5.53. The number of nitrogens with two attached hydrogens (primary N) is 1. The van der Waals surface area contributed by atoms with Crippen LogP contribution in [-0.4, -0.2) is 16.7 Å². The largest absolute Gasteiger partial charge is 0.491 e. The van der Waals surface area contributed by atoms with Gasteiger partial charge in [0.05, 0.1) is 18.7 Å². The van der Waals surface area contributed by atoms with Gasteiger partial charge in [-0.2, -0.15) is 4.98 Å². The number of aromatic nitrogens is 2. The Morgan fingerprint density at radius 2 is 2.11 bits per heavy atom. The van der Waals surface area contributed by atoms with Crippen LogP contribution >= 0.6 is 0 Å². The highest BCUT2D eigenvalue weighted by molar-refractivity contribution is 5.51. The van der Waals surface area contributed by atoms with Crippen molar-refractivity contribution in [3.63, 3.8) is 0 Å². The Morgan fingerprint density at radius 3 is 2.78 bits per heavy atom. The van der Waals surface area contributed by atoms with Crippen molar-refractivity contribution in [2.45, 2.75) is 26.2 Å². The molecule has 1 heterocycles. The molecular weight excluding hydrogens is 230 g/mol. The Kier molecular flexibility index (Phi) is 3.82. The zero-order valence-electron chi connectivity index (χ0n) is 10.6. The average Bonchev–Trinajstić information content (AvgIpc) is 2.80. The van der Waals surface area contributed by atoms with Gasteiger partial charge >= 0.3 is 0 Å². The molecule has 0 saturated heterocycles. The molecule has 2 aromatic rings. The third-order valence-electron chi connectivity index (χ3n) is 2.49. The van der Waals surface area contributed by atoms with Crippen molar-refractivity contribution in [3.05, 3.63) is 36.0 Å². The molecule has 0 atom stereocenters. The van der Waals surface area contributed by atoms with Gasteiger partial charge < -0.3 is 15.0 Å². The minimum atomic E-state index is 0.271. The topological polar surface area (TPSA) is 74.2 Å². The first-order valence-corrected chi connectivity index (χ1v) is 5.96. The number of hydrogen-bond acceptors (Lipinski definition) is 5. The summed E-state index contributed by atoms with van der Waals surface area (Å²) in [6.45, 7) is 4.51. The van der Waals surface area contributed by atoms with Gasteiger partial charge in [-0.05, 0) is 12.1 Å². The second-order valence-corrected chi connectivity index (χ2v) is 4.34. The molecule has 2 rings (SSSR count). The van der Waals surface area contributed by atoms with Gasteiger partial charge in [-0.1, -0.05) is 31.1 Å². The Morgan fingerprint density at radius 1 is 1.33 bits per heavy atom. The molecule has 0 amide bonds. The quantitative estimate of drug-likeness (QED) is 0.821. The summed E-state index contributed by atoms with van der Waals surface area (Å²) in [4.78, 5) is 4.27. The van der Waals surface area contributed by atoms with E-state index < -0.39 is 0 Å². The van der Waals surface area contributed by atoms with Gasteiger partial charge in [0, 0.05) is 5.92 Å². The lowest BCUT2D eigenvalue weighted by atomic mass is 10.2. The van der Waals surface area contributed by atoms with Crippen LogP contribution < -0.4 is 10.5 Å². The van der Waals surface area contributed by atoms with Crippen molar-refractivity contribution in [2.75, 3.05) is 12.3 Å². The first kappa shape index (κ1) is 12.4. The van der Waals surface area contributed by atoms with E-state index in [4.69, 9.17) is 15.0 Å². The summed E-state index contributed by atoms with van der Waals surface area (Å²) in [5.74, 6) is 2.27. The summed E-state index contributed by atoms with van der Waals surface area (Å²) in [6, 6.07) is 7.39. The number of rotatable bonds is 5. The van der Waals surface area contributed by atoms with Crippen LogP contribution in [0.3, 0.4) is 0 Å². The van der Waals surface area contributed by atoms with E-state index >= 15 is 0 Å². The first-order chi connectivity index (χ1) is 8.66. The molecule has 0 aliphatic heterocycles. The van der Waals surface area contributed by atoms with Crippen molar-refractivity contribution in [1.82, 2.24) is 10.1 Å². The van der Waals surface area contributed by atoms with Crippen molar-refractivity contribution >= 4 is 5.69 Å². The van der Waals surface area contributed by atoms with E-state index in [0.717, 1.165) is 5.82 Å². The molecule has 0 saturated carbocycles. The summed E-state index contributed by atoms with van der Waals surface area (Å²) in [5.41, 5.74) is 6.40. The van der Waals surface area contributed by atoms with E-state index in [1.807, 2.05) is 32.0 Å². The number of benzene rings is 1. The van der Waals surface area contributed by atoms with E-state index in [1.165, 1.54) is 0 Å². The fourth-order valence-corrected chi connectivity index (χ4v) is 1.46. The molecular formula is C13H17N3O2. The van der Waals surface area contributed by atoms with Gasteiger partial charge in [0.2, 0.25) is 5.89 Å². The zero-order valence-corrected chi connectivity index (χ0v) is 10.6. The van der Waals surface area contributed by atoms with Crippen molar-refractivity contribution in [3.8, 4) is 5.75 Å². The van der Waals surface area contributed by atoms with Crippen molar-refractivity contribution in [2.24, 2.45) is 0 Å². The van der Waals surface area contributed by atoms with Crippen molar-refractivity contribution < 1.29 is 9.26 Å². The summed E-state index contributed by atoms with van der Waals surface area (Å²) in [6.07, 6.45) is 0.577. The summed E-state index contributed by atoms with van der Waals surface area (Å²) >= 11 is 0. The molecule has 0 spiro atoms. The van der Waals surface area contributed by atoms with Crippen molar-refractivity contribution in [1.29, 1.82) is 0 Å². The van der Waals surface area contributed by atoms with Crippen LogP contribution in [0.25, 0.3) is 0 Å². The predicted molar refractivity (Wildman–Crippen MR) is 68.4 cm³/mol. The Balaban J connectivity index is 1.87. The number of para-hydroxylation sites is 2. The number of hydrogen-bond donors (Lipinski definition) is 1. The lowest BCUT2D eigenvalue weighted by Gasteiger charge is -2.06. The van der Waals surface area contributed by atoms with Crippen LogP contribution in [0, 0.1) is 0 Å². The summed E-state index contributed by atoms with van der Waals surface area (Å²) < 4.78 is 10.7. The molecule has 1 aromatic carbocycles. The van der Waals surface area contributed by atoms with E-state index in [2.05, 4.69) is 10.1 Å². The van der Waals surface area contributed by atoms with Crippen LogP contribution in [0.1, 0.15) is 31.5 Å². The van der Waals surface area contributed by atoms with E-state index in [1.54, 1.807) is 6.07 Å². The molecule has 18 heavy (non-hydrogen) atoms. The van der Waals surface area contributed by atoms with Crippen LogP contribution in [0.4, 0.5) is 5.69 Å². The molecule has 0 radical (unpaired) electrons. The molecule has 0 aliphatic carbocycles. The Bertz CT molecular complexity index is 508. The molecule has 5 heteroatoms. The van der Waals surface area contributed by atoms with Crippen LogP contribution in [0.2, 0.25) is 0 Å². The number of ether oxygens (including phenoxy) is 1. The average molecular weight is 247 g/mol. The Labute approximate surface area is 106 Å². The molecule has 0 unspecified atom stereocenters. The maximum absolute atomic E-state index is 5.77. The smallest absolute Gasteiger partial charge is 0.230 e. The van der Waals surface area contributed by atoms with Gasteiger partial charge in [-0.25, -0.2) is 0 Å². The van der Waals surface area contributed by atoms with Gasteiger partial charge in [0.15, 0.2) is 5.82 Å². The highest BCUT2D eigenvalue weighted by atomic mass is 16.5. The normalized spacial score (nSPS) is 10.8. The van der Waals surface area contributed by atoms with Crippen LogP contribution in [0.5, 0.6) is 5.75 Å². The maximum atomic E-state index is 5.77. The van der Waals surface area contributed by atoms with Gasteiger partial charge in [0.1, 0.15) is 5.75 Å². The Hall–Kier alpha value is -2.04. The third-order valence-corrected chi connectivity index (χ3v) is 2.49. The van der Waals surface area contributed by atoms with Gasteiger partial charge in [-0.3, -0.25) is 0 Å². The highest BCUT2D eigenvalue weighted by Crippen LogP contribution is 2.19. The van der Waals surface area contributed by atoms with Gasteiger partial charge in [-0.15, -0.1) is 0 Å². The third kappa shape index (κ3) is 3.00. The molecule has 1 aromatic heterocycles. The standard InChI is InChI=1S/C13H17N3O2/c1-9(2)13-15-12(18-16-13)7-8-17-11-6-4-3-5-10(11)14/h3-6,9H,7-8,14H2,1-2H3. The predicted octanol–water partition coefficient (Wildman–Crippen LogP) is 2.40. The highest BCUT2D eigenvalue weighted by Gasteiger charge is 2.09. The van der Waals surface area contributed by atoms with E-state index in [-0.39, 0.29) is 5.92 Å². The maximum Gasteiger partial charge on any atom is 0.230 e. The molecule has 2 N–H and O–H groups in total. The lowest BCUT2D eigenvalue weighted by Crippen LogP contribution is -2.03. The van der Waals surface area contributed by atoms with E-state index in [0.29, 0.717) is 30.4 Å². The monoisotopic (exact) mass is 247 g/mol. The van der Waals surface area contributed by atoms with Crippen LogP contribution in [-0.2, 0) is 6.42 Å². The number of nitrogen functional groups attached to an aromatic ring is 1. The molecule has 0 fully saturated rings. The molecule has 0 bridgehead atoms. The molecule has 5 nitrogen and oxygen atoms in total. The zero-order chi connectivity index (χ0) is 13.0. The molecule has 0 aliphatic rings. The first-order valence-electron chi connectivity index (χ1n) is 5.96. The second-order valence-electron chi connectivity index (χ2n) is 4.34. The van der Waals surface area contributed by atoms with Crippen LogP contribution in [0.15, 0.2) is 28.8 Å². The minimum absolute atomic E-state index is 0.271. The lowest BCUT2D eigenvalue weighted by molar-refractivity contribution is 0.293. The summed E-state index contributed by atoms with van der Waals surface area (Å²) in [5, 5.41) is 3.89. The summed E-state index contributed by atoms with van der Waals surface area (Å²) in [7, 11) is 0. The molecule has 96 valence electrons. The number of nitrogens with zero attached hydrogens (tertiary/aromatic N) is 2. The number of anilines is 1. The fourth-order valence-electron chi connectivity index (χ4n) is 1.46. The minimum Gasteiger partial charge on any atom is -0.491 e. The SMILES string of the molecule is CC(C)c1noc(CCOc2ccccc2N)n1. The van der Waals surface area contributed by atoms with E-state index in [9.17, 15) is 0 Å². The fraction of sp³-hybridized carbons (Fsp3) is 0.385.